The lowest BCUT2D eigenvalue weighted by atomic mass is 9.98. The molecule has 1 aliphatic heterocycles. The highest BCUT2D eigenvalue weighted by Crippen LogP contribution is 2.15. The van der Waals surface area contributed by atoms with E-state index in [1.54, 1.807) is 0 Å². The molecule has 0 unspecified atom stereocenters. The normalized spacial score (nSPS) is 15.6. The topological polar surface area (TPSA) is 90.5 Å². The number of amides is 4. The first-order valence-corrected chi connectivity index (χ1v) is 14.8. The minimum Gasteiger partial charge on any atom is -0.350 e. The van der Waals surface area contributed by atoms with Crippen LogP contribution in [0.1, 0.15) is 83.4 Å². The van der Waals surface area contributed by atoms with Crippen LogP contribution in [0.2, 0.25) is 0 Å². The predicted octanol–water partition coefficient (Wildman–Crippen LogP) is 5.22. The third-order valence-electron chi connectivity index (χ3n) is 7.06. The fourth-order valence-electron chi connectivity index (χ4n) is 5.02. The Kier molecular flexibility index (Phi) is 11.6. The van der Waals surface area contributed by atoms with Crippen LogP contribution in [0.3, 0.4) is 0 Å². The van der Waals surface area contributed by atoms with Gasteiger partial charge < -0.3 is 20.9 Å². The van der Waals surface area contributed by atoms with Crippen molar-refractivity contribution in [2.75, 3.05) is 13.1 Å². The molecule has 0 spiro atoms. The van der Waals surface area contributed by atoms with Crippen LogP contribution >= 0.6 is 0 Å². The minimum atomic E-state index is -0.767. The summed E-state index contributed by atoms with van der Waals surface area (Å²) in [6.45, 7) is 11.2. The number of hydrogen-bond donors (Lipinski definition) is 3. The summed E-state index contributed by atoms with van der Waals surface area (Å²) in [5.41, 5.74) is 2.93. The number of rotatable bonds is 10. The lowest BCUT2D eigenvalue weighted by molar-refractivity contribution is -0.130. The summed E-state index contributed by atoms with van der Waals surface area (Å²) in [4.78, 5) is 41.8. The van der Waals surface area contributed by atoms with E-state index in [0.29, 0.717) is 25.9 Å². The number of urea groups is 1. The Morgan fingerprint density at radius 3 is 1.90 bits per heavy atom. The number of likely N-dealkylation sites (tertiary alicyclic amines) is 1. The molecule has 0 aromatic heterocycles. The zero-order valence-corrected chi connectivity index (χ0v) is 25.0. The number of benzene rings is 2. The quantitative estimate of drug-likeness (QED) is 0.380. The summed E-state index contributed by atoms with van der Waals surface area (Å²) in [5.74, 6) is -0.373. The van der Waals surface area contributed by atoms with Gasteiger partial charge in [-0.3, -0.25) is 9.59 Å². The molecule has 1 saturated heterocycles. The largest absolute Gasteiger partial charge is 0.350 e. The third kappa shape index (κ3) is 10.7. The van der Waals surface area contributed by atoms with Gasteiger partial charge in [-0.25, -0.2) is 4.79 Å². The smallest absolute Gasteiger partial charge is 0.318 e. The molecule has 7 nitrogen and oxygen atoms in total. The predicted molar refractivity (Wildman–Crippen MR) is 161 cm³/mol. The van der Waals surface area contributed by atoms with Crippen molar-refractivity contribution in [1.82, 2.24) is 20.9 Å². The van der Waals surface area contributed by atoms with E-state index < -0.39 is 17.6 Å². The van der Waals surface area contributed by atoms with Crippen molar-refractivity contribution in [1.29, 1.82) is 0 Å². The van der Waals surface area contributed by atoms with Crippen LogP contribution in [-0.4, -0.2) is 53.5 Å². The van der Waals surface area contributed by atoms with Crippen LogP contribution in [-0.2, 0) is 22.4 Å². The Morgan fingerprint density at radius 1 is 0.750 bits per heavy atom. The zero-order valence-electron chi connectivity index (χ0n) is 25.0. The van der Waals surface area contributed by atoms with Crippen molar-refractivity contribution < 1.29 is 14.4 Å². The van der Waals surface area contributed by atoms with E-state index in [9.17, 15) is 14.4 Å². The maximum absolute atomic E-state index is 13.6. The number of nitrogens with zero attached hydrogens (tertiary/aromatic N) is 1. The molecule has 3 rings (SSSR count). The average molecular weight is 549 g/mol. The molecule has 3 N–H and O–H groups in total. The van der Waals surface area contributed by atoms with E-state index >= 15 is 0 Å². The molecule has 1 fully saturated rings. The maximum Gasteiger partial charge on any atom is 0.318 e. The maximum atomic E-state index is 13.6. The van der Waals surface area contributed by atoms with Gasteiger partial charge in [0.15, 0.2) is 0 Å². The second-order valence-corrected chi connectivity index (χ2v) is 12.5. The highest BCUT2D eigenvalue weighted by atomic mass is 16.2. The van der Waals surface area contributed by atoms with Crippen LogP contribution in [0.25, 0.3) is 0 Å². The summed E-state index contributed by atoms with van der Waals surface area (Å²) in [6.07, 6.45) is 5.89. The van der Waals surface area contributed by atoms with Crippen molar-refractivity contribution in [3.8, 4) is 0 Å². The van der Waals surface area contributed by atoms with Gasteiger partial charge in [0.1, 0.15) is 12.1 Å². The van der Waals surface area contributed by atoms with Gasteiger partial charge in [0.2, 0.25) is 11.8 Å². The number of hydrogen-bond acceptors (Lipinski definition) is 3. The highest BCUT2D eigenvalue weighted by Gasteiger charge is 2.30. The second kappa shape index (κ2) is 14.9. The Bertz CT molecular complexity index is 1080. The van der Waals surface area contributed by atoms with Crippen LogP contribution in [0.5, 0.6) is 0 Å². The molecule has 1 aliphatic rings. The van der Waals surface area contributed by atoms with E-state index in [0.717, 1.165) is 37.7 Å². The molecular weight excluding hydrogens is 500 g/mol. The first kappa shape index (κ1) is 31.2. The first-order chi connectivity index (χ1) is 19.0. The van der Waals surface area contributed by atoms with Gasteiger partial charge in [0, 0.05) is 25.0 Å². The van der Waals surface area contributed by atoms with Crippen molar-refractivity contribution in [2.45, 2.75) is 97.2 Å². The van der Waals surface area contributed by atoms with Gasteiger partial charge in [0.25, 0.3) is 0 Å². The molecule has 7 heteroatoms. The third-order valence-corrected chi connectivity index (χ3v) is 7.06. The molecule has 40 heavy (non-hydrogen) atoms. The molecule has 0 radical (unpaired) electrons. The van der Waals surface area contributed by atoms with E-state index in [-0.39, 0.29) is 23.8 Å². The van der Waals surface area contributed by atoms with E-state index in [2.05, 4.69) is 40.2 Å². The molecule has 4 amide bonds. The van der Waals surface area contributed by atoms with Crippen molar-refractivity contribution in [3.05, 3.63) is 71.3 Å². The Morgan fingerprint density at radius 2 is 1.32 bits per heavy atom. The summed E-state index contributed by atoms with van der Waals surface area (Å²) in [5, 5.41) is 8.98. The summed E-state index contributed by atoms with van der Waals surface area (Å²) in [6, 6.07) is 16.8. The molecule has 2 aromatic rings. The minimum absolute atomic E-state index is 0.194. The van der Waals surface area contributed by atoms with Crippen molar-refractivity contribution in [2.24, 2.45) is 5.92 Å². The summed E-state index contributed by atoms with van der Waals surface area (Å²) >= 11 is 0. The van der Waals surface area contributed by atoms with Gasteiger partial charge in [0.05, 0.1) is 0 Å². The standard InChI is InChI=1S/C33H48N4O3/c1-24(2)21-28(35-32(40)37-19-11-6-7-12-20-37)30(38)34-29(31(39)36-33(3,4)5)23-27-17-15-26(16-18-27)22-25-13-9-8-10-14-25/h8-10,13-18,24,28-29H,6-7,11-12,19-23H2,1-5H3,(H,34,38)(H,35,40)(H,36,39)/t28-,29-/m0/s1. The molecule has 218 valence electrons. The Labute approximate surface area is 240 Å². The lowest BCUT2D eigenvalue weighted by Crippen LogP contribution is -2.58. The zero-order chi connectivity index (χ0) is 29.1. The van der Waals surface area contributed by atoms with Gasteiger partial charge >= 0.3 is 6.03 Å². The van der Waals surface area contributed by atoms with E-state index in [1.165, 1.54) is 11.1 Å². The fourth-order valence-corrected chi connectivity index (χ4v) is 5.02. The van der Waals surface area contributed by atoms with Crippen LogP contribution in [0.15, 0.2) is 54.6 Å². The Hall–Kier alpha value is -3.35. The Balaban J connectivity index is 1.73. The summed E-state index contributed by atoms with van der Waals surface area (Å²) in [7, 11) is 0. The van der Waals surface area contributed by atoms with Crippen LogP contribution < -0.4 is 16.0 Å². The fraction of sp³-hybridized carbons (Fsp3) is 0.545. The monoisotopic (exact) mass is 548 g/mol. The first-order valence-electron chi connectivity index (χ1n) is 14.8. The highest BCUT2D eigenvalue weighted by molar-refractivity contribution is 5.92. The van der Waals surface area contributed by atoms with Gasteiger partial charge in [-0.05, 0) is 69.1 Å². The molecule has 0 bridgehead atoms. The van der Waals surface area contributed by atoms with E-state index in [4.69, 9.17) is 0 Å². The molecule has 2 atom stereocenters. The van der Waals surface area contributed by atoms with Crippen molar-refractivity contribution in [3.63, 3.8) is 0 Å². The number of nitrogens with one attached hydrogen (secondary N) is 3. The molecule has 0 aliphatic carbocycles. The van der Waals surface area contributed by atoms with Crippen LogP contribution in [0, 0.1) is 5.92 Å². The second-order valence-electron chi connectivity index (χ2n) is 12.5. The molecule has 0 saturated carbocycles. The van der Waals surface area contributed by atoms with Gasteiger partial charge in [-0.15, -0.1) is 0 Å². The van der Waals surface area contributed by atoms with Gasteiger partial charge in [-0.1, -0.05) is 81.3 Å². The molecule has 1 heterocycles. The average Bonchev–Trinajstić information content (AvgIpc) is 3.18. The van der Waals surface area contributed by atoms with Crippen molar-refractivity contribution >= 4 is 17.8 Å². The van der Waals surface area contributed by atoms with Gasteiger partial charge in [-0.2, -0.15) is 0 Å². The number of carbonyl (C=O) groups is 3. The van der Waals surface area contributed by atoms with E-state index in [1.807, 2.05) is 69.9 Å². The summed E-state index contributed by atoms with van der Waals surface area (Å²) < 4.78 is 0. The number of carbonyl (C=O) groups excluding carboxylic acids is 3. The van der Waals surface area contributed by atoms with Crippen LogP contribution in [0.4, 0.5) is 4.79 Å². The SMILES string of the molecule is CC(C)C[C@H](NC(=O)N1CCCCCC1)C(=O)N[C@@H](Cc1ccc(Cc2ccccc2)cc1)C(=O)NC(C)(C)C. The molecule has 2 aromatic carbocycles. The lowest BCUT2D eigenvalue weighted by Gasteiger charge is -2.29. The molecular formula is C33H48N4O3.